The molecule has 132 valence electrons. The van der Waals surface area contributed by atoms with Gasteiger partial charge >= 0.3 is 6.18 Å². The quantitative estimate of drug-likeness (QED) is 0.745. The van der Waals surface area contributed by atoms with Crippen molar-refractivity contribution < 1.29 is 13.2 Å². The molecule has 3 rings (SSSR count). The predicted octanol–water partition coefficient (Wildman–Crippen LogP) is 4.36. The van der Waals surface area contributed by atoms with Crippen LogP contribution in [0.15, 0.2) is 48.5 Å². The molecule has 0 saturated heterocycles. The van der Waals surface area contributed by atoms with E-state index >= 15 is 0 Å². The lowest BCUT2D eigenvalue weighted by Gasteiger charge is -2.17. The zero-order valence-corrected chi connectivity index (χ0v) is 13.9. The monoisotopic (exact) mass is 347 g/mol. The molecule has 1 atom stereocenters. The summed E-state index contributed by atoms with van der Waals surface area (Å²) in [5, 5.41) is 0. The molecule has 0 bridgehead atoms. The third-order valence-electron chi connectivity index (χ3n) is 4.41. The maximum Gasteiger partial charge on any atom is 0.416 e. The van der Waals surface area contributed by atoms with Gasteiger partial charge in [-0.2, -0.15) is 13.2 Å². The highest BCUT2D eigenvalue weighted by atomic mass is 19.4. The Kier molecular flexibility index (Phi) is 4.81. The Labute approximate surface area is 144 Å². The number of nitrogens with two attached hydrogens (primary N) is 1. The lowest BCUT2D eigenvalue weighted by atomic mass is 9.97. The van der Waals surface area contributed by atoms with Crippen LogP contribution in [0.5, 0.6) is 0 Å². The van der Waals surface area contributed by atoms with Crippen LogP contribution in [0.1, 0.15) is 29.8 Å². The number of fused-ring (bicyclic) bond motifs is 1. The average molecular weight is 347 g/mol. The van der Waals surface area contributed by atoms with Crippen molar-refractivity contribution in [2.75, 3.05) is 6.54 Å². The molecule has 0 aliphatic heterocycles. The van der Waals surface area contributed by atoms with E-state index < -0.39 is 11.7 Å². The van der Waals surface area contributed by atoms with Gasteiger partial charge in [0.25, 0.3) is 0 Å². The Balaban J connectivity index is 1.90. The Bertz CT molecular complexity index is 850. The molecule has 0 amide bonds. The van der Waals surface area contributed by atoms with Crippen molar-refractivity contribution in [2.24, 2.45) is 5.73 Å². The fraction of sp³-hybridized carbons (Fsp3) is 0.316. The van der Waals surface area contributed by atoms with E-state index in [0.717, 1.165) is 41.1 Å². The van der Waals surface area contributed by atoms with Gasteiger partial charge in [-0.3, -0.25) is 0 Å². The Morgan fingerprint density at radius 3 is 2.36 bits per heavy atom. The Morgan fingerprint density at radius 1 is 1.08 bits per heavy atom. The molecule has 0 saturated carbocycles. The molecular weight excluding hydrogens is 327 g/mol. The van der Waals surface area contributed by atoms with E-state index in [4.69, 9.17) is 10.7 Å². The first-order chi connectivity index (χ1) is 11.9. The Hall–Kier alpha value is -2.34. The van der Waals surface area contributed by atoms with E-state index in [-0.39, 0.29) is 5.92 Å². The maximum atomic E-state index is 12.7. The summed E-state index contributed by atoms with van der Waals surface area (Å²) in [6, 6.07) is 13.1. The summed E-state index contributed by atoms with van der Waals surface area (Å²) in [6.45, 7) is 3.19. The molecule has 2 aromatic carbocycles. The Morgan fingerprint density at radius 2 is 1.76 bits per heavy atom. The van der Waals surface area contributed by atoms with Gasteiger partial charge in [-0.1, -0.05) is 24.3 Å². The summed E-state index contributed by atoms with van der Waals surface area (Å²) >= 11 is 0. The molecule has 3 nitrogen and oxygen atoms in total. The van der Waals surface area contributed by atoms with Crippen molar-refractivity contribution in [3.63, 3.8) is 0 Å². The van der Waals surface area contributed by atoms with Crippen LogP contribution in [0.2, 0.25) is 0 Å². The fourth-order valence-electron chi connectivity index (χ4n) is 3.13. The number of imidazole rings is 1. The number of nitrogens with zero attached hydrogens (tertiary/aromatic N) is 2. The topological polar surface area (TPSA) is 43.8 Å². The molecule has 0 radical (unpaired) electrons. The third kappa shape index (κ3) is 3.54. The number of aromatic nitrogens is 2. The highest BCUT2D eigenvalue weighted by molar-refractivity contribution is 5.76. The second kappa shape index (κ2) is 6.88. The summed E-state index contributed by atoms with van der Waals surface area (Å²) in [7, 11) is 0. The van der Waals surface area contributed by atoms with Gasteiger partial charge in [0.2, 0.25) is 0 Å². The van der Waals surface area contributed by atoms with Gasteiger partial charge in [0.1, 0.15) is 5.82 Å². The van der Waals surface area contributed by atoms with E-state index in [9.17, 15) is 13.2 Å². The first kappa shape index (κ1) is 17.5. The van der Waals surface area contributed by atoms with Gasteiger partial charge in [0, 0.05) is 19.0 Å². The molecular formula is C19H20F3N3. The number of hydrogen-bond donors (Lipinski definition) is 1. The van der Waals surface area contributed by atoms with Crippen LogP contribution >= 0.6 is 0 Å². The molecule has 1 heterocycles. The second-order valence-corrected chi connectivity index (χ2v) is 6.03. The van der Waals surface area contributed by atoms with Crippen LogP contribution in [0, 0.1) is 0 Å². The summed E-state index contributed by atoms with van der Waals surface area (Å²) < 4.78 is 40.2. The van der Waals surface area contributed by atoms with Crippen LogP contribution in [0.4, 0.5) is 13.2 Å². The molecule has 1 unspecified atom stereocenters. The number of rotatable bonds is 5. The molecule has 0 spiro atoms. The van der Waals surface area contributed by atoms with Gasteiger partial charge in [0.15, 0.2) is 0 Å². The standard InChI is InChI=1S/C19H20F3N3/c1-2-25-17-6-4-3-5-16(17)24-18(25)14(12-23)11-13-7-9-15(10-8-13)19(20,21)22/h3-10,14H,2,11-12,23H2,1H3. The maximum absolute atomic E-state index is 12.7. The molecule has 3 aromatic rings. The highest BCUT2D eigenvalue weighted by Crippen LogP contribution is 2.30. The third-order valence-corrected chi connectivity index (χ3v) is 4.41. The van der Waals surface area contributed by atoms with Gasteiger partial charge in [-0.25, -0.2) is 4.98 Å². The number of alkyl halides is 3. The van der Waals surface area contributed by atoms with E-state index in [1.54, 1.807) is 0 Å². The van der Waals surface area contributed by atoms with Gasteiger partial charge in [-0.05, 0) is 43.2 Å². The minimum atomic E-state index is -4.32. The fourth-order valence-corrected chi connectivity index (χ4v) is 3.13. The normalized spacial score (nSPS) is 13.3. The summed E-state index contributed by atoms with van der Waals surface area (Å²) in [4.78, 5) is 4.71. The average Bonchev–Trinajstić information content (AvgIpc) is 2.97. The van der Waals surface area contributed by atoms with Crippen LogP contribution < -0.4 is 5.73 Å². The number of hydrogen-bond acceptors (Lipinski definition) is 2. The largest absolute Gasteiger partial charge is 0.416 e. The summed E-state index contributed by atoms with van der Waals surface area (Å²) in [6.07, 6.45) is -3.76. The zero-order chi connectivity index (χ0) is 18.0. The molecule has 0 aliphatic carbocycles. The SMILES string of the molecule is CCn1c(C(CN)Cc2ccc(C(F)(F)F)cc2)nc2ccccc21. The van der Waals surface area contributed by atoms with Crippen molar-refractivity contribution in [3.05, 3.63) is 65.5 Å². The first-order valence-electron chi connectivity index (χ1n) is 8.25. The number of aryl methyl sites for hydroxylation is 1. The van der Waals surface area contributed by atoms with E-state index in [2.05, 4.69) is 4.57 Å². The first-order valence-corrected chi connectivity index (χ1v) is 8.25. The second-order valence-electron chi connectivity index (χ2n) is 6.03. The van der Waals surface area contributed by atoms with Crippen molar-refractivity contribution in [3.8, 4) is 0 Å². The molecule has 6 heteroatoms. The van der Waals surface area contributed by atoms with Gasteiger partial charge in [0.05, 0.1) is 16.6 Å². The molecule has 25 heavy (non-hydrogen) atoms. The van der Waals surface area contributed by atoms with Crippen molar-refractivity contribution in [2.45, 2.75) is 32.0 Å². The van der Waals surface area contributed by atoms with Gasteiger partial charge < -0.3 is 10.3 Å². The molecule has 0 fully saturated rings. The number of benzene rings is 2. The smallest absolute Gasteiger partial charge is 0.330 e. The van der Waals surface area contributed by atoms with Crippen molar-refractivity contribution in [1.29, 1.82) is 0 Å². The van der Waals surface area contributed by atoms with Crippen LogP contribution in [-0.4, -0.2) is 16.1 Å². The molecule has 0 aliphatic rings. The number of halogens is 3. The predicted molar refractivity (Wildman–Crippen MR) is 92.4 cm³/mol. The lowest BCUT2D eigenvalue weighted by Crippen LogP contribution is -2.19. The summed E-state index contributed by atoms with van der Waals surface area (Å²) in [5.74, 6) is 0.829. The molecule has 2 N–H and O–H groups in total. The minimum absolute atomic E-state index is 0.0518. The zero-order valence-electron chi connectivity index (χ0n) is 13.9. The number of para-hydroxylation sites is 2. The van der Waals surface area contributed by atoms with Crippen LogP contribution in [0.3, 0.4) is 0 Å². The minimum Gasteiger partial charge on any atom is -0.330 e. The van der Waals surface area contributed by atoms with Crippen molar-refractivity contribution >= 4 is 11.0 Å². The van der Waals surface area contributed by atoms with Crippen LogP contribution in [-0.2, 0) is 19.1 Å². The molecule has 1 aromatic heterocycles. The van der Waals surface area contributed by atoms with Crippen LogP contribution in [0.25, 0.3) is 11.0 Å². The summed E-state index contributed by atoms with van der Waals surface area (Å²) in [5.41, 5.74) is 8.10. The lowest BCUT2D eigenvalue weighted by molar-refractivity contribution is -0.137. The van der Waals surface area contributed by atoms with E-state index in [1.165, 1.54) is 12.1 Å². The van der Waals surface area contributed by atoms with Gasteiger partial charge in [-0.15, -0.1) is 0 Å². The van der Waals surface area contributed by atoms with Crippen molar-refractivity contribution in [1.82, 2.24) is 9.55 Å². The van der Waals surface area contributed by atoms with E-state index in [0.29, 0.717) is 13.0 Å². The van der Waals surface area contributed by atoms with E-state index in [1.807, 2.05) is 31.2 Å². The highest BCUT2D eigenvalue weighted by Gasteiger charge is 2.30.